The first-order chi connectivity index (χ1) is 8.99. The van der Waals surface area contributed by atoms with Gasteiger partial charge >= 0.3 is 0 Å². The molecule has 1 saturated heterocycles. The highest BCUT2D eigenvalue weighted by Gasteiger charge is 2.25. The quantitative estimate of drug-likeness (QED) is 0.923. The summed E-state index contributed by atoms with van der Waals surface area (Å²) in [6.45, 7) is 1.82. The zero-order valence-corrected chi connectivity index (χ0v) is 12.1. The molecule has 0 radical (unpaired) electrons. The summed E-state index contributed by atoms with van der Waals surface area (Å²) in [5.74, 6) is 1.00. The molecule has 1 heterocycles. The third kappa shape index (κ3) is 3.39. The first kappa shape index (κ1) is 14.6. The van der Waals surface area contributed by atoms with Gasteiger partial charge in [-0.15, -0.1) is 0 Å². The van der Waals surface area contributed by atoms with Crippen molar-refractivity contribution in [1.29, 1.82) is 0 Å². The molecular weight excluding hydrogens is 266 g/mol. The summed E-state index contributed by atoms with van der Waals surface area (Å²) >= 11 is 1.83. The van der Waals surface area contributed by atoms with Crippen molar-refractivity contribution in [2.75, 3.05) is 23.5 Å². The van der Waals surface area contributed by atoms with Crippen LogP contribution in [-0.2, 0) is 6.42 Å². The van der Waals surface area contributed by atoms with E-state index < -0.39 is 11.6 Å². The van der Waals surface area contributed by atoms with Gasteiger partial charge in [-0.1, -0.05) is 0 Å². The molecule has 2 nitrogen and oxygen atoms in total. The van der Waals surface area contributed by atoms with E-state index in [0.717, 1.165) is 17.9 Å². The van der Waals surface area contributed by atoms with Gasteiger partial charge in [0.2, 0.25) is 0 Å². The normalized spacial score (nSPS) is 20.6. The first-order valence-electron chi connectivity index (χ1n) is 6.53. The Bertz CT molecular complexity index is 422. The van der Waals surface area contributed by atoms with Crippen molar-refractivity contribution < 1.29 is 8.78 Å². The number of halogens is 2. The summed E-state index contributed by atoms with van der Waals surface area (Å²) in [4.78, 5) is 1.74. The van der Waals surface area contributed by atoms with Gasteiger partial charge in [0, 0.05) is 24.9 Å². The monoisotopic (exact) mass is 286 g/mol. The topological polar surface area (TPSA) is 29.3 Å². The minimum atomic E-state index is -0.491. The maximum Gasteiger partial charge on any atom is 0.149 e. The van der Waals surface area contributed by atoms with Gasteiger partial charge in [0.05, 0.1) is 0 Å². The summed E-state index contributed by atoms with van der Waals surface area (Å²) in [5, 5.41) is 0. The number of nitrogens with zero attached hydrogens (tertiary/aromatic N) is 1. The van der Waals surface area contributed by atoms with Crippen molar-refractivity contribution in [3.05, 3.63) is 29.3 Å². The van der Waals surface area contributed by atoms with Crippen LogP contribution in [0.4, 0.5) is 14.5 Å². The predicted octanol–water partition coefficient (Wildman–Crippen LogP) is 2.80. The summed E-state index contributed by atoms with van der Waals surface area (Å²) in [5.41, 5.74) is 6.36. The highest BCUT2D eigenvalue weighted by Crippen LogP contribution is 2.30. The molecule has 1 fully saturated rings. The summed E-state index contributed by atoms with van der Waals surface area (Å²) in [6, 6.07) is 2.92. The maximum absolute atomic E-state index is 14.1. The molecule has 1 aliphatic rings. The summed E-state index contributed by atoms with van der Waals surface area (Å²) in [7, 11) is 1.77. The number of thioether (sulfide) groups is 1. The number of rotatable bonds is 4. The standard InChI is InChI=1S/C14H20F2N2S/c1-9(17)5-10-6-12(15)14(13(16)7-10)18(2)11-3-4-19-8-11/h6-7,9,11H,3-5,8,17H2,1-2H3. The van der Waals surface area contributed by atoms with E-state index in [-0.39, 0.29) is 17.8 Å². The van der Waals surface area contributed by atoms with Crippen molar-refractivity contribution in [2.45, 2.75) is 31.8 Å². The van der Waals surface area contributed by atoms with Gasteiger partial charge in [-0.25, -0.2) is 8.78 Å². The molecule has 0 aliphatic carbocycles. The minimum Gasteiger partial charge on any atom is -0.366 e. The Hall–Kier alpha value is -0.810. The van der Waals surface area contributed by atoms with Crippen LogP contribution >= 0.6 is 11.8 Å². The second kappa shape index (κ2) is 6.09. The molecule has 1 aromatic carbocycles. The van der Waals surface area contributed by atoms with Crippen LogP contribution in [0.3, 0.4) is 0 Å². The molecule has 0 spiro atoms. The number of hydrogen-bond donors (Lipinski definition) is 1. The molecule has 2 atom stereocenters. The van der Waals surface area contributed by atoms with E-state index in [1.807, 2.05) is 18.7 Å². The fraction of sp³-hybridized carbons (Fsp3) is 0.571. The molecule has 0 saturated carbocycles. The van der Waals surface area contributed by atoms with Gasteiger partial charge in [0.15, 0.2) is 0 Å². The lowest BCUT2D eigenvalue weighted by Crippen LogP contribution is -2.32. The molecule has 0 amide bonds. The zero-order chi connectivity index (χ0) is 14.0. The third-order valence-corrected chi connectivity index (χ3v) is 4.59. The van der Waals surface area contributed by atoms with E-state index in [1.165, 1.54) is 12.1 Å². The molecule has 0 aromatic heterocycles. The highest BCUT2D eigenvalue weighted by atomic mass is 32.2. The zero-order valence-electron chi connectivity index (χ0n) is 11.3. The van der Waals surface area contributed by atoms with Crippen LogP contribution in [0.2, 0.25) is 0 Å². The Labute approximate surface area is 117 Å². The van der Waals surface area contributed by atoms with E-state index in [4.69, 9.17) is 5.73 Å². The van der Waals surface area contributed by atoms with Gasteiger partial charge in [-0.05, 0) is 43.2 Å². The van der Waals surface area contributed by atoms with E-state index in [0.29, 0.717) is 12.0 Å². The number of benzene rings is 1. The van der Waals surface area contributed by atoms with Crippen LogP contribution in [0, 0.1) is 11.6 Å². The average molecular weight is 286 g/mol. The third-order valence-electron chi connectivity index (χ3n) is 3.44. The van der Waals surface area contributed by atoms with Crippen LogP contribution in [-0.4, -0.2) is 30.6 Å². The Balaban J connectivity index is 2.25. The van der Waals surface area contributed by atoms with Crippen LogP contribution in [0.5, 0.6) is 0 Å². The van der Waals surface area contributed by atoms with Crippen molar-refractivity contribution >= 4 is 17.4 Å². The maximum atomic E-state index is 14.1. The van der Waals surface area contributed by atoms with E-state index in [2.05, 4.69) is 0 Å². The molecular formula is C14H20F2N2S. The SMILES string of the molecule is CC(N)Cc1cc(F)c(N(C)C2CCSC2)c(F)c1. The number of hydrogen-bond acceptors (Lipinski definition) is 3. The van der Waals surface area contributed by atoms with Gasteiger partial charge in [-0.2, -0.15) is 11.8 Å². The van der Waals surface area contributed by atoms with Crippen molar-refractivity contribution in [1.82, 2.24) is 0 Å². The van der Waals surface area contributed by atoms with Crippen molar-refractivity contribution in [3.8, 4) is 0 Å². The second-order valence-electron chi connectivity index (χ2n) is 5.22. The molecule has 2 N–H and O–H groups in total. The van der Waals surface area contributed by atoms with E-state index in [1.54, 1.807) is 11.9 Å². The molecule has 2 unspecified atom stereocenters. The first-order valence-corrected chi connectivity index (χ1v) is 7.68. The smallest absolute Gasteiger partial charge is 0.149 e. The average Bonchev–Trinajstić information content (AvgIpc) is 2.79. The lowest BCUT2D eigenvalue weighted by Gasteiger charge is -2.27. The lowest BCUT2D eigenvalue weighted by molar-refractivity contribution is 0.558. The van der Waals surface area contributed by atoms with Crippen molar-refractivity contribution in [3.63, 3.8) is 0 Å². The van der Waals surface area contributed by atoms with Gasteiger partial charge < -0.3 is 10.6 Å². The predicted molar refractivity (Wildman–Crippen MR) is 77.8 cm³/mol. The number of anilines is 1. The summed E-state index contributed by atoms with van der Waals surface area (Å²) in [6.07, 6.45) is 1.46. The molecule has 2 rings (SSSR count). The molecule has 19 heavy (non-hydrogen) atoms. The Morgan fingerprint density at radius 3 is 2.53 bits per heavy atom. The fourth-order valence-electron chi connectivity index (χ4n) is 2.45. The second-order valence-corrected chi connectivity index (χ2v) is 6.37. The Kier molecular flexibility index (Phi) is 4.68. The van der Waals surface area contributed by atoms with Gasteiger partial charge in [-0.3, -0.25) is 0 Å². The van der Waals surface area contributed by atoms with Crippen molar-refractivity contribution in [2.24, 2.45) is 5.73 Å². The van der Waals surface area contributed by atoms with Crippen LogP contribution in [0.25, 0.3) is 0 Å². The van der Waals surface area contributed by atoms with Crippen LogP contribution < -0.4 is 10.6 Å². The van der Waals surface area contributed by atoms with E-state index in [9.17, 15) is 8.78 Å². The number of nitrogens with two attached hydrogens (primary N) is 1. The summed E-state index contributed by atoms with van der Waals surface area (Å²) < 4.78 is 28.3. The molecule has 5 heteroatoms. The Morgan fingerprint density at radius 1 is 1.42 bits per heavy atom. The van der Waals surface area contributed by atoms with Gasteiger partial charge in [0.25, 0.3) is 0 Å². The fourth-order valence-corrected chi connectivity index (χ4v) is 3.72. The Morgan fingerprint density at radius 2 is 2.05 bits per heavy atom. The van der Waals surface area contributed by atoms with Crippen LogP contribution in [0.1, 0.15) is 18.9 Å². The highest BCUT2D eigenvalue weighted by molar-refractivity contribution is 7.99. The van der Waals surface area contributed by atoms with E-state index >= 15 is 0 Å². The van der Waals surface area contributed by atoms with Gasteiger partial charge in [0.1, 0.15) is 17.3 Å². The largest absolute Gasteiger partial charge is 0.366 e. The lowest BCUT2D eigenvalue weighted by atomic mass is 10.1. The minimum absolute atomic E-state index is 0.0842. The van der Waals surface area contributed by atoms with Crippen LogP contribution in [0.15, 0.2) is 12.1 Å². The molecule has 106 valence electrons. The molecule has 1 aliphatic heterocycles. The molecule has 1 aromatic rings. The molecule has 0 bridgehead atoms.